The van der Waals surface area contributed by atoms with Gasteiger partial charge in [-0.2, -0.15) is 0 Å². The van der Waals surface area contributed by atoms with E-state index in [2.05, 4.69) is 15.3 Å². The number of hydrogen-bond acceptors (Lipinski definition) is 5. The largest absolute Gasteiger partial charge is 0.321 e. The number of thiazole rings is 1. The first-order valence-corrected chi connectivity index (χ1v) is 8.72. The van der Waals surface area contributed by atoms with Gasteiger partial charge in [-0.15, -0.1) is 11.3 Å². The van der Waals surface area contributed by atoms with E-state index in [9.17, 15) is 9.59 Å². The van der Waals surface area contributed by atoms with Crippen molar-refractivity contribution in [3.8, 4) is 0 Å². The Hall–Kier alpha value is -3.32. The molecule has 1 aromatic carbocycles. The summed E-state index contributed by atoms with van der Waals surface area (Å²) in [5.41, 5.74) is 1.97. The zero-order chi connectivity index (χ0) is 18.4. The van der Waals surface area contributed by atoms with Gasteiger partial charge in [-0.1, -0.05) is 18.2 Å². The Bertz CT molecular complexity index is 923. The highest BCUT2D eigenvalue weighted by Gasteiger charge is 2.17. The summed E-state index contributed by atoms with van der Waals surface area (Å²) in [6.07, 6.45) is 6.20. The van der Waals surface area contributed by atoms with Gasteiger partial charge in [-0.05, 0) is 30.3 Å². The topological polar surface area (TPSA) is 75.2 Å². The minimum Gasteiger partial charge on any atom is -0.321 e. The van der Waals surface area contributed by atoms with E-state index in [1.165, 1.54) is 29.2 Å². The molecule has 1 N–H and O–H groups in total. The lowest BCUT2D eigenvalue weighted by atomic mass is 10.3. The van der Waals surface area contributed by atoms with E-state index in [0.29, 0.717) is 16.5 Å². The lowest BCUT2D eigenvalue weighted by molar-refractivity contribution is -0.116. The Morgan fingerprint density at radius 2 is 1.96 bits per heavy atom. The fourth-order valence-corrected chi connectivity index (χ4v) is 3.10. The second-order valence-electron chi connectivity index (χ2n) is 5.31. The molecule has 0 aliphatic rings. The first-order chi connectivity index (χ1) is 12.6. The molecular weight excluding hydrogens is 348 g/mol. The van der Waals surface area contributed by atoms with Gasteiger partial charge in [0.1, 0.15) is 0 Å². The Balaban J connectivity index is 1.72. The lowest BCUT2D eigenvalue weighted by Crippen LogP contribution is -2.22. The van der Waals surface area contributed by atoms with Gasteiger partial charge in [0.25, 0.3) is 0 Å². The van der Waals surface area contributed by atoms with Gasteiger partial charge >= 0.3 is 0 Å². The van der Waals surface area contributed by atoms with Crippen LogP contribution in [0, 0.1) is 0 Å². The summed E-state index contributed by atoms with van der Waals surface area (Å²) in [5, 5.41) is 5.05. The number of rotatable bonds is 5. The number of aromatic nitrogens is 2. The van der Waals surface area contributed by atoms with E-state index in [1.54, 1.807) is 36.0 Å². The van der Waals surface area contributed by atoms with Crippen LogP contribution in [0.5, 0.6) is 0 Å². The van der Waals surface area contributed by atoms with Crippen LogP contribution in [0.2, 0.25) is 0 Å². The van der Waals surface area contributed by atoms with Crippen molar-refractivity contribution in [2.75, 3.05) is 10.2 Å². The van der Waals surface area contributed by atoms with Crippen molar-refractivity contribution in [3.05, 3.63) is 72.0 Å². The van der Waals surface area contributed by atoms with Crippen molar-refractivity contribution in [2.45, 2.75) is 6.92 Å². The molecule has 0 atom stereocenters. The summed E-state index contributed by atoms with van der Waals surface area (Å²) < 4.78 is 0. The lowest BCUT2D eigenvalue weighted by Gasteiger charge is -2.17. The molecule has 0 aliphatic heterocycles. The molecule has 3 rings (SSSR count). The molecule has 7 heteroatoms. The van der Waals surface area contributed by atoms with Crippen LogP contribution in [0.15, 0.2) is 66.3 Å². The third-order valence-corrected chi connectivity index (χ3v) is 4.21. The van der Waals surface area contributed by atoms with Crippen molar-refractivity contribution in [1.29, 1.82) is 0 Å². The van der Waals surface area contributed by atoms with Crippen LogP contribution >= 0.6 is 11.3 Å². The molecular formula is C19H16N4O2S. The molecule has 3 aromatic rings. The summed E-state index contributed by atoms with van der Waals surface area (Å²) in [7, 11) is 0. The Labute approximate surface area is 154 Å². The van der Waals surface area contributed by atoms with Crippen molar-refractivity contribution in [1.82, 2.24) is 9.97 Å². The van der Waals surface area contributed by atoms with Crippen LogP contribution in [0.1, 0.15) is 12.6 Å². The molecule has 0 radical (unpaired) electrons. The quantitative estimate of drug-likeness (QED) is 0.697. The summed E-state index contributed by atoms with van der Waals surface area (Å²) in [6, 6.07) is 12.8. The number of pyridine rings is 1. The second-order valence-corrected chi connectivity index (χ2v) is 6.15. The average molecular weight is 364 g/mol. The average Bonchev–Trinajstić information content (AvgIpc) is 3.10. The highest BCUT2D eigenvalue weighted by Crippen LogP contribution is 2.28. The highest BCUT2D eigenvalue weighted by molar-refractivity contribution is 7.14. The predicted octanol–water partition coefficient (Wildman–Crippen LogP) is 3.87. The number of amides is 2. The molecule has 2 heterocycles. The van der Waals surface area contributed by atoms with Gasteiger partial charge in [0.2, 0.25) is 11.8 Å². The van der Waals surface area contributed by atoms with Gasteiger partial charge in [-0.3, -0.25) is 19.5 Å². The van der Waals surface area contributed by atoms with Crippen LogP contribution in [-0.4, -0.2) is 21.8 Å². The Morgan fingerprint density at radius 3 is 2.65 bits per heavy atom. The number of carbonyl (C=O) groups is 2. The zero-order valence-corrected chi connectivity index (χ0v) is 14.8. The maximum Gasteiger partial charge on any atom is 0.248 e. The third-order valence-electron chi connectivity index (χ3n) is 3.36. The summed E-state index contributed by atoms with van der Waals surface area (Å²) >= 11 is 1.34. The SMILES string of the molecule is CC(=O)N(c1ccccc1)c1nc(/C=C/C(=O)Nc2cccnc2)cs1. The molecule has 0 aliphatic carbocycles. The van der Waals surface area contributed by atoms with E-state index in [0.717, 1.165) is 5.69 Å². The van der Waals surface area contributed by atoms with Crippen LogP contribution in [0.3, 0.4) is 0 Å². The van der Waals surface area contributed by atoms with Gasteiger partial charge in [0.15, 0.2) is 5.13 Å². The standard InChI is InChI=1S/C19H16N4O2S/c1-14(24)23(17-7-3-2-4-8-17)19-22-16(13-26-19)9-10-18(25)21-15-6-5-11-20-12-15/h2-13H,1H3,(H,21,25)/b10-9+. The minimum atomic E-state index is -0.279. The molecule has 0 unspecified atom stereocenters. The van der Waals surface area contributed by atoms with Crippen LogP contribution < -0.4 is 10.2 Å². The van der Waals surface area contributed by atoms with E-state index >= 15 is 0 Å². The Kier molecular flexibility index (Phi) is 5.50. The molecule has 130 valence electrons. The number of carbonyl (C=O) groups excluding carboxylic acids is 2. The van der Waals surface area contributed by atoms with Gasteiger partial charge in [0, 0.05) is 24.6 Å². The maximum atomic E-state index is 12.0. The molecule has 2 amide bonds. The number of nitrogens with one attached hydrogen (secondary N) is 1. The Morgan fingerprint density at radius 1 is 1.15 bits per heavy atom. The van der Waals surface area contributed by atoms with E-state index in [4.69, 9.17) is 0 Å². The number of anilines is 3. The number of benzene rings is 1. The summed E-state index contributed by atoms with van der Waals surface area (Å²) in [4.78, 5) is 33.9. The van der Waals surface area contributed by atoms with Crippen LogP contribution in [0.4, 0.5) is 16.5 Å². The fourth-order valence-electron chi connectivity index (χ4n) is 2.24. The number of hydrogen-bond donors (Lipinski definition) is 1. The molecule has 0 saturated heterocycles. The third kappa shape index (κ3) is 4.40. The molecule has 0 bridgehead atoms. The normalized spacial score (nSPS) is 10.7. The minimum absolute atomic E-state index is 0.129. The zero-order valence-electron chi connectivity index (χ0n) is 14.0. The molecule has 0 spiro atoms. The fraction of sp³-hybridized carbons (Fsp3) is 0.0526. The molecule has 0 saturated carbocycles. The van der Waals surface area contributed by atoms with Crippen LogP contribution in [0.25, 0.3) is 6.08 Å². The maximum absolute atomic E-state index is 12.0. The second kappa shape index (κ2) is 8.17. The molecule has 0 fully saturated rings. The van der Waals surface area contributed by atoms with Crippen molar-refractivity contribution >= 4 is 45.7 Å². The number of nitrogens with zero attached hydrogens (tertiary/aromatic N) is 3. The molecule has 26 heavy (non-hydrogen) atoms. The van der Waals surface area contributed by atoms with E-state index in [1.807, 2.05) is 30.3 Å². The highest BCUT2D eigenvalue weighted by atomic mass is 32.1. The van der Waals surface area contributed by atoms with Gasteiger partial charge in [0.05, 0.1) is 23.3 Å². The smallest absolute Gasteiger partial charge is 0.248 e. The van der Waals surface area contributed by atoms with E-state index < -0.39 is 0 Å². The van der Waals surface area contributed by atoms with Crippen molar-refractivity contribution in [3.63, 3.8) is 0 Å². The predicted molar refractivity (Wildman–Crippen MR) is 103 cm³/mol. The molecule has 2 aromatic heterocycles. The van der Waals surface area contributed by atoms with Crippen molar-refractivity contribution < 1.29 is 9.59 Å². The van der Waals surface area contributed by atoms with Gasteiger partial charge < -0.3 is 5.32 Å². The number of para-hydroxylation sites is 1. The molecule has 6 nitrogen and oxygen atoms in total. The first kappa shape index (κ1) is 17.5. The van der Waals surface area contributed by atoms with Crippen LogP contribution in [-0.2, 0) is 9.59 Å². The van der Waals surface area contributed by atoms with Gasteiger partial charge in [-0.25, -0.2) is 4.98 Å². The van der Waals surface area contributed by atoms with E-state index in [-0.39, 0.29) is 11.8 Å². The summed E-state index contributed by atoms with van der Waals surface area (Å²) in [6.45, 7) is 1.49. The van der Waals surface area contributed by atoms with Crippen molar-refractivity contribution in [2.24, 2.45) is 0 Å². The monoisotopic (exact) mass is 364 g/mol. The first-order valence-electron chi connectivity index (χ1n) is 7.84. The summed E-state index contributed by atoms with van der Waals surface area (Å²) in [5.74, 6) is -0.408.